The van der Waals surface area contributed by atoms with E-state index in [2.05, 4.69) is 22.5 Å². The van der Waals surface area contributed by atoms with Gasteiger partial charge in [0.25, 0.3) is 0 Å². The number of hydrogen-bond donors (Lipinski definition) is 1. The molecule has 0 radical (unpaired) electrons. The quantitative estimate of drug-likeness (QED) is 0.833. The van der Waals surface area contributed by atoms with Gasteiger partial charge in [-0.2, -0.15) is 0 Å². The molecule has 23 heavy (non-hydrogen) atoms. The SMILES string of the molecule is Cn1ccnc1COc1ccc(NC(=O)C[C@@H]2C=CCC2)cc1. The Morgan fingerprint density at radius 1 is 1.39 bits per heavy atom. The number of ether oxygens (including phenoxy) is 1. The Hall–Kier alpha value is -2.56. The molecule has 3 rings (SSSR count). The Bertz CT molecular complexity index is 689. The summed E-state index contributed by atoms with van der Waals surface area (Å²) >= 11 is 0. The molecule has 0 saturated carbocycles. The Balaban J connectivity index is 1.49. The number of rotatable bonds is 6. The summed E-state index contributed by atoms with van der Waals surface area (Å²) < 4.78 is 7.62. The average molecular weight is 311 g/mol. The Labute approximate surface area is 136 Å². The van der Waals surface area contributed by atoms with Crippen molar-refractivity contribution < 1.29 is 9.53 Å². The summed E-state index contributed by atoms with van der Waals surface area (Å²) in [5.74, 6) is 2.07. The molecule has 1 aromatic heterocycles. The zero-order chi connectivity index (χ0) is 16.1. The number of carbonyl (C=O) groups excluding carboxylic acids is 1. The number of hydrogen-bond acceptors (Lipinski definition) is 3. The molecule has 1 aromatic carbocycles. The largest absolute Gasteiger partial charge is 0.486 e. The van der Waals surface area contributed by atoms with Gasteiger partial charge in [0, 0.05) is 31.5 Å². The van der Waals surface area contributed by atoms with Crippen LogP contribution in [0.3, 0.4) is 0 Å². The zero-order valence-electron chi connectivity index (χ0n) is 13.2. The molecule has 0 bridgehead atoms. The van der Waals surface area contributed by atoms with Gasteiger partial charge < -0.3 is 14.6 Å². The normalized spacial score (nSPS) is 16.5. The predicted octanol–water partition coefficient (Wildman–Crippen LogP) is 3.29. The van der Waals surface area contributed by atoms with Gasteiger partial charge in [0.1, 0.15) is 18.2 Å². The number of carbonyl (C=O) groups is 1. The van der Waals surface area contributed by atoms with Crippen LogP contribution in [0, 0.1) is 5.92 Å². The van der Waals surface area contributed by atoms with Gasteiger partial charge >= 0.3 is 0 Å². The highest BCUT2D eigenvalue weighted by atomic mass is 16.5. The van der Waals surface area contributed by atoms with Crippen LogP contribution in [-0.2, 0) is 18.4 Å². The van der Waals surface area contributed by atoms with E-state index in [0.717, 1.165) is 30.1 Å². The number of aromatic nitrogens is 2. The molecule has 0 aliphatic heterocycles. The maximum absolute atomic E-state index is 12.0. The summed E-state index contributed by atoms with van der Waals surface area (Å²) in [6, 6.07) is 7.42. The highest BCUT2D eigenvalue weighted by Crippen LogP contribution is 2.22. The molecule has 1 aliphatic rings. The summed E-state index contributed by atoms with van der Waals surface area (Å²) in [4.78, 5) is 16.2. The van der Waals surface area contributed by atoms with Crippen molar-refractivity contribution in [1.29, 1.82) is 0 Å². The third-order valence-electron chi connectivity index (χ3n) is 3.99. The summed E-state index contributed by atoms with van der Waals surface area (Å²) in [5, 5.41) is 2.93. The number of benzene rings is 1. The Morgan fingerprint density at radius 2 is 2.22 bits per heavy atom. The molecule has 1 amide bonds. The second-order valence-electron chi connectivity index (χ2n) is 5.79. The van der Waals surface area contributed by atoms with Crippen molar-refractivity contribution >= 4 is 11.6 Å². The van der Waals surface area contributed by atoms with E-state index in [1.807, 2.05) is 42.1 Å². The molecule has 120 valence electrons. The molecule has 1 aliphatic carbocycles. The van der Waals surface area contributed by atoms with Gasteiger partial charge in [-0.05, 0) is 43.0 Å². The van der Waals surface area contributed by atoms with E-state index in [0.29, 0.717) is 18.9 Å². The van der Waals surface area contributed by atoms with Gasteiger partial charge in [-0.15, -0.1) is 0 Å². The lowest BCUT2D eigenvalue weighted by Crippen LogP contribution is -2.14. The average Bonchev–Trinajstić information content (AvgIpc) is 3.18. The van der Waals surface area contributed by atoms with Crippen LogP contribution in [0.1, 0.15) is 25.1 Å². The van der Waals surface area contributed by atoms with Crippen molar-refractivity contribution in [3.8, 4) is 5.75 Å². The molecular weight excluding hydrogens is 290 g/mol. The van der Waals surface area contributed by atoms with Crippen LogP contribution in [0.5, 0.6) is 5.75 Å². The topological polar surface area (TPSA) is 56.1 Å². The van der Waals surface area contributed by atoms with E-state index < -0.39 is 0 Å². The Kier molecular flexibility index (Phi) is 4.76. The van der Waals surface area contributed by atoms with Crippen molar-refractivity contribution in [2.45, 2.75) is 25.9 Å². The van der Waals surface area contributed by atoms with Crippen LogP contribution in [0.4, 0.5) is 5.69 Å². The molecule has 5 nitrogen and oxygen atoms in total. The van der Waals surface area contributed by atoms with Crippen molar-refractivity contribution in [3.05, 3.63) is 54.6 Å². The lowest BCUT2D eigenvalue weighted by atomic mass is 10.1. The van der Waals surface area contributed by atoms with Crippen LogP contribution in [0.2, 0.25) is 0 Å². The first-order valence-corrected chi connectivity index (χ1v) is 7.86. The first kappa shape index (κ1) is 15.3. The van der Waals surface area contributed by atoms with Crippen LogP contribution in [-0.4, -0.2) is 15.5 Å². The number of anilines is 1. The number of nitrogens with zero attached hydrogens (tertiary/aromatic N) is 2. The molecule has 1 atom stereocenters. The maximum atomic E-state index is 12.0. The van der Waals surface area contributed by atoms with Gasteiger partial charge in [0.2, 0.25) is 5.91 Å². The molecule has 0 unspecified atom stereocenters. The molecule has 1 N–H and O–H groups in total. The fraction of sp³-hybridized carbons (Fsp3) is 0.333. The molecule has 0 fully saturated rings. The second kappa shape index (κ2) is 7.13. The zero-order valence-corrected chi connectivity index (χ0v) is 13.2. The van der Waals surface area contributed by atoms with E-state index in [-0.39, 0.29) is 5.91 Å². The van der Waals surface area contributed by atoms with E-state index in [1.165, 1.54) is 0 Å². The predicted molar refractivity (Wildman–Crippen MR) is 89.1 cm³/mol. The van der Waals surface area contributed by atoms with Gasteiger partial charge in [-0.25, -0.2) is 4.98 Å². The minimum absolute atomic E-state index is 0.0585. The summed E-state index contributed by atoms with van der Waals surface area (Å²) in [5.41, 5.74) is 0.793. The minimum Gasteiger partial charge on any atom is -0.486 e. The molecule has 5 heteroatoms. The smallest absolute Gasteiger partial charge is 0.224 e. The highest BCUT2D eigenvalue weighted by Gasteiger charge is 2.14. The van der Waals surface area contributed by atoms with E-state index in [9.17, 15) is 4.79 Å². The number of aryl methyl sites for hydroxylation is 1. The Morgan fingerprint density at radius 3 is 2.87 bits per heavy atom. The van der Waals surface area contributed by atoms with Crippen molar-refractivity contribution in [2.24, 2.45) is 13.0 Å². The maximum Gasteiger partial charge on any atom is 0.224 e. The summed E-state index contributed by atoms with van der Waals surface area (Å²) in [6.07, 6.45) is 10.6. The van der Waals surface area contributed by atoms with Crippen LogP contribution < -0.4 is 10.1 Å². The van der Waals surface area contributed by atoms with E-state index >= 15 is 0 Å². The fourth-order valence-corrected chi connectivity index (χ4v) is 2.63. The van der Waals surface area contributed by atoms with Gasteiger partial charge in [0.15, 0.2) is 0 Å². The van der Waals surface area contributed by atoms with Crippen molar-refractivity contribution in [1.82, 2.24) is 9.55 Å². The molecule has 0 spiro atoms. The van der Waals surface area contributed by atoms with E-state index in [1.54, 1.807) is 6.20 Å². The van der Waals surface area contributed by atoms with Crippen molar-refractivity contribution in [2.75, 3.05) is 5.32 Å². The number of nitrogens with one attached hydrogen (secondary N) is 1. The highest BCUT2D eigenvalue weighted by molar-refractivity contribution is 5.91. The van der Waals surface area contributed by atoms with Crippen LogP contribution >= 0.6 is 0 Å². The number of amides is 1. The fourth-order valence-electron chi connectivity index (χ4n) is 2.63. The second-order valence-corrected chi connectivity index (χ2v) is 5.79. The third kappa shape index (κ3) is 4.22. The lowest BCUT2D eigenvalue weighted by Gasteiger charge is -2.10. The van der Waals surface area contributed by atoms with Gasteiger partial charge in [-0.1, -0.05) is 12.2 Å². The first-order chi connectivity index (χ1) is 11.2. The van der Waals surface area contributed by atoms with E-state index in [4.69, 9.17) is 4.74 Å². The van der Waals surface area contributed by atoms with Crippen molar-refractivity contribution in [3.63, 3.8) is 0 Å². The first-order valence-electron chi connectivity index (χ1n) is 7.86. The molecule has 2 aromatic rings. The van der Waals surface area contributed by atoms with Crippen LogP contribution in [0.15, 0.2) is 48.8 Å². The van der Waals surface area contributed by atoms with Gasteiger partial charge in [-0.3, -0.25) is 4.79 Å². The summed E-state index contributed by atoms with van der Waals surface area (Å²) in [6.45, 7) is 0.420. The lowest BCUT2D eigenvalue weighted by molar-refractivity contribution is -0.116. The number of allylic oxidation sites excluding steroid dienone is 2. The summed E-state index contributed by atoms with van der Waals surface area (Å²) in [7, 11) is 1.93. The standard InChI is InChI=1S/C18H21N3O2/c1-21-11-10-19-17(21)13-23-16-8-6-15(7-9-16)20-18(22)12-14-4-2-3-5-14/h2,4,6-11,14H,3,5,12-13H2,1H3,(H,20,22)/t14-/m1/s1. The molecular formula is C18H21N3O2. The third-order valence-corrected chi connectivity index (χ3v) is 3.99. The van der Waals surface area contributed by atoms with Crippen LogP contribution in [0.25, 0.3) is 0 Å². The minimum atomic E-state index is 0.0585. The molecule has 0 saturated heterocycles. The number of imidazole rings is 1. The molecule has 1 heterocycles. The monoisotopic (exact) mass is 311 g/mol. The van der Waals surface area contributed by atoms with Gasteiger partial charge in [0.05, 0.1) is 0 Å².